The van der Waals surface area contributed by atoms with Gasteiger partial charge in [-0.3, -0.25) is 0 Å². The minimum Gasteiger partial charge on any atom is -0.464 e. The Kier molecular flexibility index (Phi) is 4.16. The summed E-state index contributed by atoms with van der Waals surface area (Å²) in [5.74, 6) is -0.205. The number of nitrogens with zero attached hydrogens (tertiary/aromatic N) is 1. The molecule has 0 N–H and O–H groups in total. The van der Waals surface area contributed by atoms with Crippen molar-refractivity contribution in [3.05, 3.63) is 29.8 Å². The number of esters is 1. The molecule has 0 saturated carbocycles. The molecule has 3 nitrogen and oxygen atoms in total. The summed E-state index contributed by atoms with van der Waals surface area (Å²) in [6.45, 7) is 8.00. The maximum absolute atomic E-state index is 11.9. The third kappa shape index (κ3) is 2.99. The first-order valence-corrected chi connectivity index (χ1v) is 5.87. The molecular formula is C14H21NO2. The number of likely N-dealkylation sites (N-methyl/N-ethyl adjacent to an activating group) is 1. The van der Waals surface area contributed by atoms with Crippen LogP contribution in [0.1, 0.15) is 26.3 Å². The molecule has 0 aliphatic rings. The fraction of sp³-hybridized carbons (Fsp3) is 0.500. The highest BCUT2D eigenvalue weighted by Crippen LogP contribution is 2.24. The van der Waals surface area contributed by atoms with Crippen LogP contribution in [0.2, 0.25) is 0 Å². The maximum atomic E-state index is 11.9. The van der Waals surface area contributed by atoms with Crippen LogP contribution in [-0.2, 0) is 9.53 Å². The highest BCUT2D eigenvalue weighted by molar-refractivity contribution is 5.84. The summed E-state index contributed by atoms with van der Waals surface area (Å²) in [6, 6.07) is 8.08. The van der Waals surface area contributed by atoms with Crippen LogP contribution in [0.4, 0.5) is 5.69 Å². The van der Waals surface area contributed by atoms with E-state index in [1.165, 1.54) is 5.56 Å². The Hall–Kier alpha value is -1.51. The van der Waals surface area contributed by atoms with Crippen molar-refractivity contribution in [2.24, 2.45) is 0 Å². The summed E-state index contributed by atoms with van der Waals surface area (Å²) in [5, 5.41) is 0. The van der Waals surface area contributed by atoms with E-state index in [1.54, 1.807) is 0 Å². The molecule has 0 spiro atoms. The van der Waals surface area contributed by atoms with E-state index < -0.39 is 5.54 Å². The molecule has 0 bridgehead atoms. The lowest BCUT2D eigenvalue weighted by atomic mass is 10.0. The molecule has 0 atom stereocenters. The summed E-state index contributed by atoms with van der Waals surface area (Å²) in [6.07, 6.45) is 0. The number of anilines is 1. The van der Waals surface area contributed by atoms with E-state index in [4.69, 9.17) is 4.74 Å². The number of benzene rings is 1. The smallest absolute Gasteiger partial charge is 0.331 e. The van der Waals surface area contributed by atoms with E-state index in [2.05, 4.69) is 6.07 Å². The van der Waals surface area contributed by atoms with Crippen LogP contribution in [0.5, 0.6) is 0 Å². The van der Waals surface area contributed by atoms with Crippen molar-refractivity contribution in [1.29, 1.82) is 0 Å². The average molecular weight is 235 g/mol. The molecule has 94 valence electrons. The van der Waals surface area contributed by atoms with Gasteiger partial charge in [0.2, 0.25) is 0 Å². The van der Waals surface area contributed by atoms with Crippen molar-refractivity contribution in [3.8, 4) is 0 Å². The van der Waals surface area contributed by atoms with Gasteiger partial charge < -0.3 is 9.64 Å². The van der Waals surface area contributed by atoms with E-state index in [0.29, 0.717) is 6.61 Å². The molecule has 0 saturated heterocycles. The Bertz CT molecular complexity index is 399. The van der Waals surface area contributed by atoms with E-state index in [1.807, 2.05) is 57.8 Å². The van der Waals surface area contributed by atoms with Gasteiger partial charge in [0.05, 0.1) is 6.61 Å². The summed E-state index contributed by atoms with van der Waals surface area (Å²) in [4.78, 5) is 13.8. The van der Waals surface area contributed by atoms with Crippen LogP contribution in [0.15, 0.2) is 24.3 Å². The highest BCUT2D eigenvalue weighted by atomic mass is 16.5. The molecular weight excluding hydrogens is 214 g/mol. The molecule has 0 radical (unpaired) electrons. The fourth-order valence-corrected chi connectivity index (χ4v) is 1.60. The molecule has 1 aromatic carbocycles. The minimum absolute atomic E-state index is 0.205. The zero-order chi connectivity index (χ0) is 13.1. The van der Waals surface area contributed by atoms with Crippen molar-refractivity contribution in [1.82, 2.24) is 0 Å². The van der Waals surface area contributed by atoms with Gasteiger partial charge in [-0.1, -0.05) is 12.1 Å². The molecule has 0 aliphatic carbocycles. The van der Waals surface area contributed by atoms with Gasteiger partial charge in [-0.05, 0) is 45.4 Å². The first-order chi connectivity index (χ1) is 7.89. The average Bonchev–Trinajstić information content (AvgIpc) is 2.28. The minimum atomic E-state index is -0.663. The van der Waals surface area contributed by atoms with E-state index in [-0.39, 0.29) is 5.97 Å². The second-order valence-electron chi connectivity index (χ2n) is 4.68. The second-order valence-corrected chi connectivity index (χ2v) is 4.68. The third-order valence-electron chi connectivity index (χ3n) is 3.00. The van der Waals surface area contributed by atoms with Crippen LogP contribution >= 0.6 is 0 Å². The lowest BCUT2D eigenvalue weighted by Crippen LogP contribution is -2.49. The summed E-state index contributed by atoms with van der Waals surface area (Å²) in [7, 11) is 1.91. The van der Waals surface area contributed by atoms with Gasteiger partial charge in [-0.15, -0.1) is 0 Å². The zero-order valence-electron chi connectivity index (χ0n) is 11.3. The number of aryl methyl sites for hydroxylation is 1. The molecule has 3 heteroatoms. The van der Waals surface area contributed by atoms with E-state index in [9.17, 15) is 4.79 Å². The van der Waals surface area contributed by atoms with Gasteiger partial charge in [0, 0.05) is 12.7 Å². The predicted molar refractivity (Wildman–Crippen MR) is 70.3 cm³/mol. The number of carbonyl (C=O) groups is 1. The summed E-state index contributed by atoms with van der Waals surface area (Å²) < 4.78 is 5.10. The van der Waals surface area contributed by atoms with Crippen molar-refractivity contribution < 1.29 is 9.53 Å². The largest absolute Gasteiger partial charge is 0.464 e. The number of hydrogen-bond acceptors (Lipinski definition) is 3. The third-order valence-corrected chi connectivity index (χ3v) is 3.00. The van der Waals surface area contributed by atoms with Crippen LogP contribution in [0, 0.1) is 6.92 Å². The molecule has 1 rings (SSSR count). The lowest BCUT2D eigenvalue weighted by Gasteiger charge is -2.35. The highest BCUT2D eigenvalue weighted by Gasteiger charge is 2.34. The van der Waals surface area contributed by atoms with Gasteiger partial charge in [0.25, 0.3) is 0 Å². The molecule has 0 unspecified atom stereocenters. The standard InChI is InChI=1S/C14H21NO2/c1-6-17-13(16)14(3,4)15(5)12-9-7-8-11(2)10-12/h7-10H,6H2,1-5H3. The quantitative estimate of drug-likeness (QED) is 0.752. The fourth-order valence-electron chi connectivity index (χ4n) is 1.60. The normalized spacial score (nSPS) is 11.1. The van der Waals surface area contributed by atoms with E-state index in [0.717, 1.165) is 5.69 Å². The van der Waals surface area contributed by atoms with Crippen molar-refractivity contribution >= 4 is 11.7 Å². The number of carbonyl (C=O) groups excluding carboxylic acids is 1. The molecule has 17 heavy (non-hydrogen) atoms. The molecule has 0 aliphatic heterocycles. The Morgan fingerprint density at radius 1 is 1.41 bits per heavy atom. The van der Waals surface area contributed by atoms with Crippen LogP contribution in [-0.4, -0.2) is 25.2 Å². The first-order valence-electron chi connectivity index (χ1n) is 5.87. The van der Waals surface area contributed by atoms with Gasteiger partial charge in [-0.25, -0.2) is 4.79 Å². The summed E-state index contributed by atoms with van der Waals surface area (Å²) >= 11 is 0. The SMILES string of the molecule is CCOC(=O)C(C)(C)N(C)c1cccc(C)c1. The van der Waals surface area contributed by atoms with Crippen LogP contribution in [0.3, 0.4) is 0 Å². The Morgan fingerprint density at radius 3 is 2.59 bits per heavy atom. The van der Waals surface area contributed by atoms with Crippen LogP contribution < -0.4 is 4.90 Å². The van der Waals surface area contributed by atoms with Crippen molar-refractivity contribution in [2.45, 2.75) is 33.2 Å². The predicted octanol–water partition coefficient (Wildman–Crippen LogP) is 2.77. The van der Waals surface area contributed by atoms with Gasteiger partial charge >= 0.3 is 5.97 Å². The van der Waals surface area contributed by atoms with Gasteiger partial charge in [-0.2, -0.15) is 0 Å². The number of rotatable bonds is 4. The Balaban J connectivity index is 2.95. The molecule has 0 fully saturated rings. The molecule has 0 heterocycles. The maximum Gasteiger partial charge on any atom is 0.331 e. The summed E-state index contributed by atoms with van der Waals surface area (Å²) in [5.41, 5.74) is 1.53. The Labute approximate surface area is 103 Å². The molecule has 0 aromatic heterocycles. The first kappa shape index (κ1) is 13.6. The monoisotopic (exact) mass is 235 g/mol. The lowest BCUT2D eigenvalue weighted by molar-refractivity contribution is -0.148. The second kappa shape index (κ2) is 5.21. The molecule has 1 aromatic rings. The number of hydrogen-bond donors (Lipinski definition) is 0. The van der Waals surface area contributed by atoms with Crippen LogP contribution in [0.25, 0.3) is 0 Å². The number of ether oxygens (including phenoxy) is 1. The van der Waals surface area contributed by atoms with Crippen molar-refractivity contribution in [2.75, 3.05) is 18.6 Å². The van der Waals surface area contributed by atoms with Gasteiger partial charge in [0.15, 0.2) is 0 Å². The molecule has 0 amide bonds. The van der Waals surface area contributed by atoms with Crippen molar-refractivity contribution in [3.63, 3.8) is 0 Å². The van der Waals surface area contributed by atoms with E-state index >= 15 is 0 Å². The van der Waals surface area contributed by atoms with Gasteiger partial charge in [0.1, 0.15) is 5.54 Å². The Morgan fingerprint density at radius 2 is 2.06 bits per heavy atom. The topological polar surface area (TPSA) is 29.5 Å². The zero-order valence-corrected chi connectivity index (χ0v) is 11.3.